The van der Waals surface area contributed by atoms with E-state index in [2.05, 4.69) is 27.6 Å². The fourth-order valence-corrected chi connectivity index (χ4v) is 19.0. The topological polar surface area (TPSA) is 292 Å². The van der Waals surface area contributed by atoms with Gasteiger partial charge in [-0.25, -0.2) is 4.79 Å². The van der Waals surface area contributed by atoms with Gasteiger partial charge in [0, 0.05) is 109 Å². The zero-order valence-electron chi connectivity index (χ0n) is 62.0. The number of aromatic hydroxyl groups is 3. The molecular formula is C77H112N4O19Si3. The van der Waals surface area contributed by atoms with Gasteiger partial charge in [0.05, 0.1) is 0 Å². The molecule has 0 spiro atoms. The number of nitrogens with one attached hydrogen (secondary N) is 3. The zero-order chi connectivity index (χ0) is 75.0. The lowest BCUT2D eigenvalue weighted by Crippen LogP contribution is -2.46. The number of rotatable bonds is 48. The maximum absolute atomic E-state index is 12.8. The fourth-order valence-electron chi connectivity index (χ4n) is 11.1. The summed E-state index contributed by atoms with van der Waals surface area (Å²) in [7, 11) is -8.01. The Labute approximate surface area is 613 Å². The smallest absolute Gasteiger partial charge is 0.501 e. The number of ether oxygens (including phenoxy) is 4. The summed E-state index contributed by atoms with van der Waals surface area (Å²) in [6.45, 7) is 26.0. The highest BCUT2D eigenvalue weighted by molar-refractivity contribution is 6.61. The van der Waals surface area contributed by atoms with Crippen molar-refractivity contribution in [2.45, 2.75) is 144 Å². The van der Waals surface area contributed by atoms with Gasteiger partial charge < -0.3 is 90.1 Å². The van der Waals surface area contributed by atoms with E-state index >= 15 is 0 Å². The van der Waals surface area contributed by atoms with E-state index in [9.17, 15) is 29.7 Å². The van der Waals surface area contributed by atoms with Crippen molar-refractivity contribution in [1.29, 1.82) is 5.26 Å². The van der Waals surface area contributed by atoms with Crippen LogP contribution in [0.2, 0.25) is 18.1 Å². The lowest BCUT2D eigenvalue weighted by atomic mass is 9.85. The number of phenols is 3. The first-order valence-electron chi connectivity index (χ1n) is 36.1. The van der Waals surface area contributed by atoms with Gasteiger partial charge in [0.15, 0.2) is 13.2 Å². The lowest BCUT2D eigenvalue weighted by Gasteiger charge is -2.28. The average Bonchev–Trinajstić information content (AvgIpc) is 0.823. The number of nitrogens with zero attached hydrogens (tertiary/aromatic N) is 1. The van der Waals surface area contributed by atoms with E-state index in [-0.39, 0.29) is 54.1 Å². The monoisotopic (exact) mass is 1480 g/mol. The van der Waals surface area contributed by atoms with Gasteiger partial charge in [-0.05, 0) is 201 Å². The van der Waals surface area contributed by atoms with Crippen LogP contribution in [0.5, 0.6) is 34.5 Å². The minimum absolute atomic E-state index is 0.0400. The highest BCUT2D eigenvalue weighted by Crippen LogP contribution is 2.37. The van der Waals surface area contributed by atoms with Crippen molar-refractivity contribution < 1.29 is 88.5 Å². The number of hydrogen-bond acceptors (Lipinski definition) is 20. The first-order chi connectivity index (χ1) is 50.0. The summed E-state index contributed by atoms with van der Waals surface area (Å²) in [6, 6.07) is 45.8. The van der Waals surface area contributed by atoms with Crippen molar-refractivity contribution in [3.8, 4) is 40.8 Å². The van der Waals surface area contributed by atoms with Gasteiger partial charge >= 0.3 is 32.5 Å². The molecule has 6 rings (SSSR count). The summed E-state index contributed by atoms with van der Waals surface area (Å²) in [5, 5.41) is 45.3. The molecule has 0 saturated carbocycles. The number of unbranched alkanes of at least 4 members (excludes halogenated alkanes) is 3. The van der Waals surface area contributed by atoms with E-state index in [0.29, 0.717) is 128 Å². The Morgan fingerprint density at radius 2 is 0.660 bits per heavy atom. The summed E-state index contributed by atoms with van der Waals surface area (Å²) in [5.41, 5.74) is 5.95. The molecule has 0 bridgehead atoms. The minimum Gasteiger partial charge on any atom is -0.508 e. The van der Waals surface area contributed by atoms with Crippen LogP contribution in [0, 0.1) is 11.5 Å². The van der Waals surface area contributed by atoms with Crippen LogP contribution in [-0.2, 0) is 54.2 Å². The Balaban J connectivity index is 0.000000473. The second-order valence-electron chi connectivity index (χ2n) is 23.2. The molecule has 6 aromatic carbocycles. The van der Waals surface area contributed by atoms with Crippen molar-refractivity contribution in [3.05, 3.63) is 179 Å². The summed E-state index contributed by atoms with van der Waals surface area (Å²) >= 11 is 0. The Morgan fingerprint density at radius 3 is 0.981 bits per heavy atom. The molecule has 0 radical (unpaired) electrons. The largest absolute Gasteiger partial charge is 0.508 e. The Bertz CT molecular complexity index is 3140. The predicted octanol–water partition coefficient (Wildman–Crippen LogP) is 14.3. The molecule has 0 heterocycles. The van der Waals surface area contributed by atoms with Gasteiger partial charge in [0.25, 0.3) is 18.1 Å². The van der Waals surface area contributed by atoms with Gasteiger partial charge in [0.1, 0.15) is 41.1 Å². The number of hydrogen-bond donors (Lipinski definition) is 6. The normalized spacial score (nSPS) is 11.6. The van der Waals surface area contributed by atoms with Crippen molar-refractivity contribution in [2.75, 3.05) is 98.9 Å². The Hall–Kier alpha value is -7.89. The molecule has 1 atom stereocenters. The minimum atomic E-state index is -2.81. The molecule has 6 aromatic rings. The van der Waals surface area contributed by atoms with Crippen LogP contribution >= 0.6 is 0 Å². The van der Waals surface area contributed by atoms with Crippen molar-refractivity contribution in [2.24, 2.45) is 0 Å². The van der Waals surface area contributed by atoms with E-state index in [4.69, 9.17) is 59.3 Å². The third-order valence-corrected chi connectivity index (χ3v) is 25.1. The highest BCUT2D eigenvalue weighted by atomic mass is 28.4. The number of phenolic OH excluding ortho intramolecular Hbond substituents is 3. The lowest BCUT2D eigenvalue weighted by molar-refractivity contribution is -0.123. The van der Waals surface area contributed by atoms with Crippen LogP contribution in [0.3, 0.4) is 0 Å². The van der Waals surface area contributed by atoms with Crippen LogP contribution in [0.15, 0.2) is 146 Å². The fraction of sp³-hybridized carbons (Fsp3) is 0.481. The van der Waals surface area contributed by atoms with Crippen LogP contribution in [0.25, 0.3) is 0 Å². The maximum atomic E-state index is 12.8. The molecule has 1 unspecified atom stereocenters. The van der Waals surface area contributed by atoms with Gasteiger partial charge in [0.2, 0.25) is 0 Å². The molecule has 0 aliphatic rings. The van der Waals surface area contributed by atoms with E-state index in [1.807, 2.05) is 159 Å². The molecule has 26 heteroatoms. The first kappa shape index (κ1) is 87.5. The number of nitriles is 1. The zero-order valence-corrected chi connectivity index (χ0v) is 65.0. The predicted molar refractivity (Wildman–Crippen MR) is 402 cm³/mol. The number of carbonyl (C=O) groups excluding carboxylic acids is 3. The third kappa shape index (κ3) is 32.8. The molecule has 0 aliphatic carbocycles. The second kappa shape index (κ2) is 50.5. The number of benzene rings is 6. The van der Waals surface area contributed by atoms with Crippen molar-refractivity contribution in [3.63, 3.8) is 0 Å². The average molecular weight is 1480 g/mol. The van der Waals surface area contributed by atoms with Gasteiger partial charge in [-0.3, -0.25) is 9.59 Å². The van der Waals surface area contributed by atoms with E-state index < -0.39 is 32.5 Å². The van der Waals surface area contributed by atoms with Crippen LogP contribution in [0.4, 0.5) is 4.79 Å². The molecule has 566 valence electrons. The highest BCUT2D eigenvalue weighted by Gasteiger charge is 2.41. The van der Waals surface area contributed by atoms with Gasteiger partial charge in [-0.2, -0.15) is 5.26 Å². The van der Waals surface area contributed by atoms with E-state index in [1.54, 1.807) is 54.8 Å². The molecule has 0 aliphatic heterocycles. The standard InChI is InChI=1S/C48H75N3O12Si2.C19H16O3.C10H21NO4Si/c1-8-15-32-49-45(52)37-55-42-26-20-39(21-27-42)47(41-24-30-44(31-25-41)63-48(54)51-34-19-36-65(60-12-5,61-13-6)62-14-7)40-22-28-43(29-23-40)56-38-46(53)50-33-17-16-18-35-64(57-9-2,58-10-3)59-11-4;20-16-7-1-13(2-8-16)19(14-3-9-17(21)10-4-14)15-5-11-18(22)12-6-15;1-4-13-16(14-5-2,15-6-3)9-7-8-12-10-11/h20-31,47H,8-19,32-38H2,1-7H3,(H,49,52)(H,50,53)(H,51,54);1-12,19-22H;4-9H2,1-3H3. The van der Waals surface area contributed by atoms with Crippen LogP contribution in [-0.4, -0.2) is 159 Å². The summed E-state index contributed by atoms with van der Waals surface area (Å²) in [4.78, 5) is 37.7. The molecule has 0 saturated heterocycles. The molecule has 103 heavy (non-hydrogen) atoms. The molecule has 0 aromatic heterocycles. The van der Waals surface area contributed by atoms with Gasteiger partial charge in [-0.1, -0.05) is 92.6 Å². The first-order valence-corrected chi connectivity index (χ1v) is 41.9. The Kier molecular flexibility index (Phi) is 42.9. The molecule has 6 N–H and O–H groups in total. The maximum Gasteiger partial charge on any atom is 0.501 e. The SMILES string of the molecule is CCCCNC(=O)COc1ccc(C(c2ccc(OCC(=O)NCCCCC[Si](OCC)(OCC)OCC)cc2)c2ccc(OC(=O)NCCC[Si](OCC)(OCC)OCC)cc2)cc1.CCO[Si](CCCOC#N)(OCC)OCC.Oc1ccc(C(c2ccc(O)cc2)c2ccc(O)cc2)cc1. The van der Waals surface area contributed by atoms with Crippen LogP contribution < -0.4 is 30.2 Å². The summed E-state index contributed by atoms with van der Waals surface area (Å²) in [6.07, 6.45) is 6.92. The molecular weight excluding hydrogens is 1370 g/mol. The van der Waals surface area contributed by atoms with E-state index in [0.717, 1.165) is 71.5 Å². The molecule has 3 amide bonds. The second-order valence-corrected chi connectivity index (χ2v) is 31.4. The quantitative estimate of drug-likeness (QED) is 0.00895. The third-order valence-electron chi connectivity index (χ3n) is 15.6. The van der Waals surface area contributed by atoms with Crippen molar-refractivity contribution in [1.82, 2.24) is 16.0 Å². The molecule has 0 fully saturated rings. The summed E-state index contributed by atoms with van der Waals surface area (Å²) in [5.74, 6) is 1.56. The summed E-state index contributed by atoms with van der Waals surface area (Å²) < 4.78 is 74.4. The van der Waals surface area contributed by atoms with Gasteiger partial charge in [-0.15, -0.1) is 0 Å². The number of carbonyl (C=O) groups is 3. The van der Waals surface area contributed by atoms with E-state index in [1.165, 1.54) is 0 Å². The van der Waals surface area contributed by atoms with Crippen LogP contribution in [0.1, 0.15) is 159 Å². The molecule has 23 nitrogen and oxygen atoms in total. The number of amides is 3. The van der Waals surface area contributed by atoms with Crippen molar-refractivity contribution >= 4 is 44.3 Å². The Morgan fingerprint density at radius 1 is 0.369 bits per heavy atom.